The van der Waals surface area contributed by atoms with Crippen LogP contribution in [0.3, 0.4) is 0 Å². The lowest BCUT2D eigenvalue weighted by atomic mass is 9.61. The Morgan fingerprint density at radius 3 is 1.66 bits per heavy atom. The summed E-state index contributed by atoms with van der Waals surface area (Å²) in [6.07, 6.45) is 7.09. The Kier molecular flexibility index (Phi) is 7.31. The average molecular weight is 724 g/mol. The van der Waals surface area contributed by atoms with Crippen molar-refractivity contribution in [1.29, 1.82) is 0 Å². The van der Waals surface area contributed by atoms with Crippen LogP contribution in [-0.2, 0) is 29.1 Å². The summed E-state index contributed by atoms with van der Waals surface area (Å²) in [6, 6.07) is 58.4. The van der Waals surface area contributed by atoms with Crippen LogP contribution in [0.5, 0.6) is 0 Å². The van der Waals surface area contributed by atoms with Gasteiger partial charge in [0, 0.05) is 16.9 Å². The van der Waals surface area contributed by atoms with Crippen molar-refractivity contribution in [3.63, 3.8) is 0 Å². The summed E-state index contributed by atoms with van der Waals surface area (Å²) in [5, 5.41) is 0. The third-order valence-corrected chi connectivity index (χ3v) is 14.1. The van der Waals surface area contributed by atoms with Crippen molar-refractivity contribution in [2.24, 2.45) is 0 Å². The molecule has 0 aromatic heterocycles. The van der Waals surface area contributed by atoms with Crippen LogP contribution in [0.4, 0.5) is 17.1 Å². The van der Waals surface area contributed by atoms with Crippen LogP contribution in [0.1, 0.15) is 97.9 Å². The molecule has 1 heteroatoms. The van der Waals surface area contributed by atoms with Gasteiger partial charge in [0.25, 0.3) is 0 Å². The molecule has 0 radical (unpaired) electrons. The molecule has 0 saturated carbocycles. The van der Waals surface area contributed by atoms with E-state index in [0.717, 1.165) is 12.8 Å². The Bertz CT molecular complexity index is 2660. The fourth-order valence-electron chi connectivity index (χ4n) is 11.4. The molecule has 0 bridgehead atoms. The van der Waals surface area contributed by atoms with Gasteiger partial charge in [-0.1, -0.05) is 149 Å². The maximum absolute atomic E-state index is 2.64. The number of nitrogens with zero attached hydrogens (tertiary/aromatic N) is 1. The van der Waals surface area contributed by atoms with Gasteiger partial charge in [0.05, 0.1) is 11.1 Å². The first-order valence-corrected chi connectivity index (χ1v) is 20.9. The molecule has 0 saturated heterocycles. The van der Waals surface area contributed by atoms with Gasteiger partial charge < -0.3 is 4.90 Å². The normalized spacial score (nSPS) is 17.3. The Labute approximate surface area is 332 Å². The van der Waals surface area contributed by atoms with E-state index in [1.54, 1.807) is 0 Å². The summed E-state index contributed by atoms with van der Waals surface area (Å²) >= 11 is 0. The molecule has 1 spiro atoms. The third kappa shape index (κ3) is 4.61. The minimum absolute atomic E-state index is 0.0314. The zero-order valence-electron chi connectivity index (χ0n) is 33.1. The molecule has 7 aromatic rings. The van der Waals surface area contributed by atoms with E-state index >= 15 is 0 Å². The van der Waals surface area contributed by atoms with Gasteiger partial charge in [-0.2, -0.15) is 0 Å². The van der Waals surface area contributed by atoms with Crippen molar-refractivity contribution < 1.29 is 0 Å². The topological polar surface area (TPSA) is 3.24 Å². The average Bonchev–Trinajstić information content (AvgIpc) is 3.70. The Hall–Kier alpha value is -5.66. The van der Waals surface area contributed by atoms with Crippen molar-refractivity contribution in [3.8, 4) is 33.4 Å². The van der Waals surface area contributed by atoms with Gasteiger partial charge in [-0.25, -0.2) is 0 Å². The summed E-state index contributed by atoms with van der Waals surface area (Å²) in [5.74, 6) is 0. The van der Waals surface area contributed by atoms with Crippen LogP contribution in [-0.4, -0.2) is 0 Å². The number of hydrogen-bond acceptors (Lipinski definition) is 1. The van der Waals surface area contributed by atoms with E-state index < -0.39 is 5.41 Å². The summed E-state index contributed by atoms with van der Waals surface area (Å²) in [6.45, 7) is 9.87. The third-order valence-electron chi connectivity index (χ3n) is 14.1. The molecule has 1 nitrogen and oxygen atoms in total. The SMILES string of the molecule is CC1(C)CCC(C)(C)c2c(-c3cc4c(cc3N(c3ccccc3)c3cccc5c3CCCC5)C3(c5ccccc5-c5ccccc53)c3ccccc3-4)cccc21. The van der Waals surface area contributed by atoms with Crippen LogP contribution in [0, 0.1) is 0 Å². The zero-order chi connectivity index (χ0) is 37.8. The van der Waals surface area contributed by atoms with Crippen molar-refractivity contribution in [2.75, 3.05) is 4.90 Å². The second kappa shape index (κ2) is 12.2. The van der Waals surface area contributed by atoms with E-state index in [1.165, 1.54) is 121 Å². The van der Waals surface area contributed by atoms with E-state index in [9.17, 15) is 0 Å². The summed E-state index contributed by atoms with van der Waals surface area (Å²) in [5.41, 5.74) is 23.1. The number of anilines is 3. The number of hydrogen-bond donors (Lipinski definition) is 0. The number of aryl methyl sites for hydroxylation is 1. The van der Waals surface area contributed by atoms with Crippen molar-refractivity contribution >= 4 is 17.1 Å². The molecular formula is C55H49N. The molecule has 4 aliphatic carbocycles. The Morgan fingerprint density at radius 2 is 0.964 bits per heavy atom. The van der Waals surface area contributed by atoms with Gasteiger partial charge >= 0.3 is 0 Å². The monoisotopic (exact) mass is 723 g/mol. The molecule has 274 valence electrons. The summed E-state index contributed by atoms with van der Waals surface area (Å²) < 4.78 is 0. The van der Waals surface area contributed by atoms with E-state index in [2.05, 4.69) is 184 Å². The van der Waals surface area contributed by atoms with Gasteiger partial charge in [0.1, 0.15) is 0 Å². The van der Waals surface area contributed by atoms with Crippen molar-refractivity contribution in [1.82, 2.24) is 0 Å². The second-order valence-corrected chi connectivity index (χ2v) is 18.1. The highest BCUT2D eigenvalue weighted by molar-refractivity contribution is 6.00. The lowest BCUT2D eigenvalue weighted by Gasteiger charge is -2.43. The molecule has 0 fully saturated rings. The lowest BCUT2D eigenvalue weighted by Crippen LogP contribution is -2.34. The number of fused-ring (bicyclic) bond motifs is 12. The number of benzene rings is 7. The largest absolute Gasteiger partial charge is 0.310 e. The summed E-state index contributed by atoms with van der Waals surface area (Å²) in [7, 11) is 0. The first kappa shape index (κ1) is 33.7. The van der Waals surface area contributed by atoms with Gasteiger partial charge in [0.15, 0.2) is 0 Å². The van der Waals surface area contributed by atoms with E-state index in [4.69, 9.17) is 0 Å². The maximum atomic E-state index is 2.64. The Morgan fingerprint density at radius 1 is 0.411 bits per heavy atom. The molecule has 7 aromatic carbocycles. The maximum Gasteiger partial charge on any atom is 0.0726 e. The highest BCUT2D eigenvalue weighted by Gasteiger charge is 2.52. The second-order valence-electron chi connectivity index (χ2n) is 18.1. The molecule has 0 unspecified atom stereocenters. The minimum atomic E-state index is -0.428. The van der Waals surface area contributed by atoms with Gasteiger partial charge in [-0.15, -0.1) is 0 Å². The van der Waals surface area contributed by atoms with Crippen LogP contribution in [0.15, 0.2) is 152 Å². The fourth-order valence-corrected chi connectivity index (χ4v) is 11.4. The standard InChI is InChI=1S/C55H49N/c1-53(2)32-33-54(3,4)52-42(26-17-30-48(52)53)44-34-43-41-25-12-15-29-47(41)55(45-27-13-10-23-39(45)40-24-11-14-28-46(40)55)49(43)35-51(44)56(37-20-6-5-7-21-37)50-31-16-19-36-18-8-9-22-38(36)50/h5-7,10-17,19-21,23-31,34-35H,8-9,18,22,32-33H2,1-4H3. The number of rotatable bonds is 4. The molecule has 0 aliphatic heterocycles. The predicted octanol–water partition coefficient (Wildman–Crippen LogP) is 14.4. The molecule has 4 aliphatic rings. The minimum Gasteiger partial charge on any atom is -0.310 e. The molecule has 0 atom stereocenters. The van der Waals surface area contributed by atoms with Gasteiger partial charge in [-0.3, -0.25) is 0 Å². The molecule has 0 N–H and O–H groups in total. The lowest BCUT2D eigenvalue weighted by molar-refractivity contribution is 0.333. The molecular weight excluding hydrogens is 675 g/mol. The Balaban J connectivity index is 1.31. The fraction of sp³-hybridized carbons (Fsp3) is 0.236. The van der Waals surface area contributed by atoms with Crippen molar-refractivity contribution in [2.45, 2.75) is 82.5 Å². The van der Waals surface area contributed by atoms with Crippen molar-refractivity contribution in [3.05, 3.63) is 196 Å². The molecule has 0 amide bonds. The first-order valence-electron chi connectivity index (χ1n) is 20.9. The van der Waals surface area contributed by atoms with E-state index in [0.29, 0.717) is 0 Å². The van der Waals surface area contributed by atoms with E-state index in [-0.39, 0.29) is 10.8 Å². The van der Waals surface area contributed by atoms with Gasteiger partial charge in [0.2, 0.25) is 0 Å². The first-order chi connectivity index (χ1) is 27.3. The van der Waals surface area contributed by atoms with Crippen LogP contribution in [0.2, 0.25) is 0 Å². The zero-order valence-corrected chi connectivity index (χ0v) is 33.1. The smallest absolute Gasteiger partial charge is 0.0726 e. The molecule has 0 heterocycles. The van der Waals surface area contributed by atoms with Crippen LogP contribution in [0.25, 0.3) is 33.4 Å². The molecule has 11 rings (SSSR count). The number of para-hydroxylation sites is 1. The molecule has 56 heavy (non-hydrogen) atoms. The highest BCUT2D eigenvalue weighted by Crippen LogP contribution is 2.64. The van der Waals surface area contributed by atoms with Crippen LogP contribution < -0.4 is 4.90 Å². The quantitative estimate of drug-likeness (QED) is 0.175. The summed E-state index contributed by atoms with van der Waals surface area (Å²) in [4.78, 5) is 2.64. The van der Waals surface area contributed by atoms with E-state index in [1.807, 2.05) is 0 Å². The van der Waals surface area contributed by atoms with Crippen LogP contribution >= 0.6 is 0 Å². The van der Waals surface area contributed by atoms with Gasteiger partial charge in [-0.05, 0) is 152 Å². The predicted molar refractivity (Wildman–Crippen MR) is 235 cm³/mol. The highest BCUT2D eigenvalue weighted by atomic mass is 15.1.